The van der Waals surface area contributed by atoms with Gasteiger partial charge in [-0.05, 0) is 17.7 Å². The van der Waals surface area contributed by atoms with E-state index >= 15 is 0 Å². The average molecular weight is 271 g/mol. The Hall–Kier alpha value is -2.02. The third kappa shape index (κ3) is 2.87. The van der Waals surface area contributed by atoms with Crippen LogP contribution >= 0.6 is 0 Å². The maximum Gasteiger partial charge on any atom is 0.419 e. The van der Waals surface area contributed by atoms with Crippen LogP contribution in [0.1, 0.15) is 22.7 Å². The van der Waals surface area contributed by atoms with E-state index in [-0.39, 0.29) is 5.56 Å². The van der Waals surface area contributed by atoms with Crippen LogP contribution in [0, 0.1) is 5.82 Å². The minimum absolute atomic E-state index is 0.142. The number of hydrogen-bond donors (Lipinski definition) is 1. The molecule has 0 saturated heterocycles. The van der Waals surface area contributed by atoms with Gasteiger partial charge in [0.1, 0.15) is 12.1 Å². The van der Waals surface area contributed by atoms with Crippen LogP contribution < -0.4 is 5.73 Å². The lowest BCUT2D eigenvalue weighted by Gasteiger charge is -2.14. The highest BCUT2D eigenvalue weighted by Crippen LogP contribution is 2.33. The maximum absolute atomic E-state index is 13.1. The smallest absolute Gasteiger partial charge is 0.320 e. The largest absolute Gasteiger partial charge is 0.419 e. The fraction of sp³-hybridized carbons (Fsp3) is 0.167. The molecule has 2 aromatic rings. The second kappa shape index (κ2) is 4.93. The second-order valence-electron chi connectivity index (χ2n) is 3.89. The summed E-state index contributed by atoms with van der Waals surface area (Å²) >= 11 is 0. The maximum atomic E-state index is 13.1. The number of alkyl halides is 3. The van der Waals surface area contributed by atoms with Gasteiger partial charge in [0.25, 0.3) is 0 Å². The average Bonchev–Trinajstić information content (AvgIpc) is 2.38. The molecule has 7 heteroatoms. The number of aromatic nitrogens is 2. The molecule has 0 saturated carbocycles. The summed E-state index contributed by atoms with van der Waals surface area (Å²) in [6.07, 6.45) is -0.683. The first-order valence-corrected chi connectivity index (χ1v) is 5.26. The van der Waals surface area contributed by atoms with Gasteiger partial charge >= 0.3 is 6.18 Å². The van der Waals surface area contributed by atoms with Crippen molar-refractivity contribution in [1.29, 1.82) is 0 Å². The molecule has 0 aliphatic carbocycles. The first-order valence-electron chi connectivity index (χ1n) is 5.26. The molecule has 1 atom stereocenters. The van der Waals surface area contributed by atoms with Crippen molar-refractivity contribution in [2.75, 3.05) is 0 Å². The van der Waals surface area contributed by atoms with Crippen LogP contribution in [-0.4, -0.2) is 9.97 Å². The Labute approximate surface area is 106 Å². The molecule has 0 aliphatic rings. The van der Waals surface area contributed by atoms with Crippen LogP contribution in [0.5, 0.6) is 0 Å². The highest BCUT2D eigenvalue weighted by atomic mass is 19.4. The van der Waals surface area contributed by atoms with Gasteiger partial charge in [0.2, 0.25) is 0 Å². The Kier molecular flexibility index (Phi) is 3.48. The molecular weight excluding hydrogens is 262 g/mol. The fourth-order valence-corrected chi connectivity index (χ4v) is 1.62. The Morgan fingerprint density at radius 1 is 1.05 bits per heavy atom. The van der Waals surface area contributed by atoms with Crippen LogP contribution in [-0.2, 0) is 6.18 Å². The number of hydrogen-bond acceptors (Lipinski definition) is 3. The summed E-state index contributed by atoms with van der Waals surface area (Å²) in [7, 11) is 0. The van der Waals surface area contributed by atoms with Crippen LogP contribution in [0.3, 0.4) is 0 Å². The van der Waals surface area contributed by atoms with Crippen molar-refractivity contribution in [3.05, 3.63) is 59.4 Å². The zero-order chi connectivity index (χ0) is 14.0. The van der Waals surface area contributed by atoms with Crippen LogP contribution in [0.25, 0.3) is 0 Å². The van der Waals surface area contributed by atoms with Crippen molar-refractivity contribution < 1.29 is 17.6 Å². The second-order valence-corrected chi connectivity index (χ2v) is 3.89. The van der Waals surface area contributed by atoms with Crippen molar-refractivity contribution in [2.45, 2.75) is 12.2 Å². The number of nitrogens with zero attached hydrogens (tertiary/aromatic N) is 2. The van der Waals surface area contributed by atoms with Crippen molar-refractivity contribution in [1.82, 2.24) is 9.97 Å². The molecule has 0 fully saturated rings. The molecule has 0 bridgehead atoms. The van der Waals surface area contributed by atoms with E-state index in [0.29, 0.717) is 11.6 Å². The van der Waals surface area contributed by atoms with Gasteiger partial charge in [0.05, 0.1) is 11.6 Å². The minimum atomic E-state index is -4.76. The third-order valence-corrected chi connectivity index (χ3v) is 2.59. The van der Waals surface area contributed by atoms with E-state index in [4.69, 9.17) is 5.73 Å². The number of halogens is 4. The Morgan fingerprint density at radius 2 is 1.68 bits per heavy atom. The van der Waals surface area contributed by atoms with E-state index in [9.17, 15) is 17.6 Å². The van der Waals surface area contributed by atoms with E-state index in [0.717, 1.165) is 6.07 Å². The van der Waals surface area contributed by atoms with Gasteiger partial charge in [-0.3, -0.25) is 0 Å². The Balaban J connectivity index is 2.42. The van der Waals surface area contributed by atoms with Crippen LogP contribution in [0.15, 0.2) is 36.9 Å². The SMILES string of the molecule is NC(c1cncnc1)c1ccc(F)c(C(F)(F)F)c1. The molecule has 0 aliphatic heterocycles. The topological polar surface area (TPSA) is 51.8 Å². The van der Waals surface area contributed by atoms with Gasteiger partial charge in [0.15, 0.2) is 0 Å². The highest BCUT2D eigenvalue weighted by molar-refractivity contribution is 5.33. The molecule has 1 unspecified atom stereocenters. The van der Waals surface area contributed by atoms with Crippen molar-refractivity contribution in [2.24, 2.45) is 5.73 Å². The fourth-order valence-electron chi connectivity index (χ4n) is 1.62. The van der Waals surface area contributed by atoms with E-state index in [1.165, 1.54) is 24.8 Å². The third-order valence-electron chi connectivity index (χ3n) is 2.59. The van der Waals surface area contributed by atoms with E-state index in [1.54, 1.807) is 0 Å². The van der Waals surface area contributed by atoms with Crippen molar-refractivity contribution >= 4 is 0 Å². The molecule has 0 amide bonds. The minimum Gasteiger partial charge on any atom is -0.320 e. The number of benzene rings is 1. The first-order chi connectivity index (χ1) is 8.89. The summed E-state index contributed by atoms with van der Waals surface area (Å²) in [4.78, 5) is 7.47. The predicted molar refractivity (Wildman–Crippen MR) is 59.5 cm³/mol. The lowest BCUT2D eigenvalue weighted by Crippen LogP contribution is -2.15. The van der Waals surface area contributed by atoms with Crippen LogP contribution in [0.2, 0.25) is 0 Å². The van der Waals surface area contributed by atoms with Gasteiger partial charge < -0.3 is 5.73 Å². The van der Waals surface area contributed by atoms with Gasteiger partial charge in [-0.1, -0.05) is 6.07 Å². The Morgan fingerprint density at radius 3 is 2.26 bits per heavy atom. The zero-order valence-corrected chi connectivity index (χ0v) is 9.53. The summed E-state index contributed by atoms with van der Waals surface area (Å²) in [5, 5.41) is 0. The van der Waals surface area contributed by atoms with Crippen molar-refractivity contribution in [3.63, 3.8) is 0 Å². The number of nitrogens with two attached hydrogens (primary N) is 1. The Bertz CT molecular complexity index is 569. The highest BCUT2D eigenvalue weighted by Gasteiger charge is 2.34. The molecule has 19 heavy (non-hydrogen) atoms. The van der Waals surface area contributed by atoms with Gasteiger partial charge in [0, 0.05) is 18.0 Å². The molecule has 3 nitrogen and oxygen atoms in total. The quantitative estimate of drug-likeness (QED) is 0.854. The molecule has 1 aromatic heterocycles. The van der Waals surface area contributed by atoms with Crippen molar-refractivity contribution in [3.8, 4) is 0 Å². The number of rotatable bonds is 2. The molecule has 0 radical (unpaired) electrons. The molecular formula is C12H9F4N3. The molecule has 2 N–H and O–H groups in total. The molecule has 100 valence electrons. The monoisotopic (exact) mass is 271 g/mol. The van der Waals surface area contributed by atoms with E-state index < -0.39 is 23.6 Å². The molecule has 1 heterocycles. The summed E-state index contributed by atoms with van der Waals surface area (Å²) in [6, 6.07) is 1.82. The summed E-state index contributed by atoms with van der Waals surface area (Å²) in [5.41, 5.74) is 5.06. The first kappa shape index (κ1) is 13.4. The molecule has 0 spiro atoms. The zero-order valence-electron chi connectivity index (χ0n) is 9.53. The summed E-state index contributed by atoms with van der Waals surface area (Å²) < 4.78 is 50.9. The van der Waals surface area contributed by atoms with E-state index in [2.05, 4.69) is 9.97 Å². The van der Waals surface area contributed by atoms with Crippen LogP contribution in [0.4, 0.5) is 17.6 Å². The van der Waals surface area contributed by atoms with E-state index in [1.807, 2.05) is 0 Å². The van der Waals surface area contributed by atoms with Gasteiger partial charge in [-0.2, -0.15) is 13.2 Å². The van der Waals surface area contributed by atoms with Gasteiger partial charge in [-0.15, -0.1) is 0 Å². The summed E-state index contributed by atoms with van der Waals surface area (Å²) in [6.45, 7) is 0. The normalized spacial score (nSPS) is 13.3. The lowest BCUT2D eigenvalue weighted by molar-refractivity contribution is -0.140. The lowest BCUT2D eigenvalue weighted by atomic mass is 9.99. The predicted octanol–water partition coefficient (Wildman–Crippen LogP) is 2.68. The molecule has 2 rings (SSSR count). The molecule has 1 aromatic carbocycles. The standard InChI is InChI=1S/C12H9F4N3/c13-10-2-1-7(3-9(10)12(14,15)16)11(17)8-4-18-6-19-5-8/h1-6,11H,17H2. The van der Waals surface area contributed by atoms with Gasteiger partial charge in [-0.25, -0.2) is 14.4 Å². The summed E-state index contributed by atoms with van der Waals surface area (Å²) in [5.74, 6) is -1.33.